The number of amides is 1. The monoisotopic (exact) mass is 255 g/mol. The second-order valence-corrected chi connectivity index (χ2v) is 5.63. The molecule has 1 rings (SSSR count). The van der Waals surface area contributed by atoms with Crippen LogP contribution in [0.1, 0.15) is 52.4 Å². The van der Waals surface area contributed by atoms with Gasteiger partial charge in [0.1, 0.15) is 0 Å². The Hall–Kier alpha value is -0.610. The molecule has 4 heteroatoms. The van der Waals surface area contributed by atoms with Crippen molar-refractivity contribution < 1.29 is 4.79 Å². The van der Waals surface area contributed by atoms with Crippen LogP contribution >= 0.6 is 0 Å². The van der Waals surface area contributed by atoms with Crippen molar-refractivity contribution in [3.63, 3.8) is 0 Å². The fraction of sp³-hybridized carbons (Fsp3) is 0.929. The lowest BCUT2D eigenvalue weighted by atomic mass is 9.94. The molecule has 1 heterocycles. The van der Waals surface area contributed by atoms with Gasteiger partial charge in [0.15, 0.2) is 0 Å². The molecule has 0 aromatic rings. The lowest BCUT2D eigenvalue weighted by Crippen LogP contribution is -2.53. The molecule has 0 aliphatic carbocycles. The van der Waals surface area contributed by atoms with Crippen LogP contribution in [0.25, 0.3) is 0 Å². The molecule has 1 fully saturated rings. The van der Waals surface area contributed by atoms with Crippen LogP contribution in [0.4, 0.5) is 0 Å². The Kier molecular flexibility index (Phi) is 6.65. The zero-order valence-electron chi connectivity index (χ0n) is 12.0. The van der Waals surface area contributed by atoms with Gasteiger partial charge in [0.25, 0.3) is 0 Å². The van der Waals surface area contributed by atoms with Crippen LogP contribution in [0, 0.1) is 0 Å². The van der Waals surface area contributed by atoms with Gasteiger partial charge in [0.2, 0.25) is 5.91 Å². The van der Waals surface area contributed by atoms with E-state index in [0.29, 0.717) is 0 Å². The Bertz CT molecular complexity index is 251. The molecule has 18 heavy (non-hydrogen) atoms. The molecule has 0 radical (unpaired) electrons. The first-order valence-electron chi connectivity index (χ1n) is 7.36. The first-order valence-corrected chi connectivity index (χ1v) is 7.36. The second kappa shape index (κ2) is 7.74. The van der Waals surface area contributed by atoms with Gasteiger partial charge in [-0.05, 0) is 65.2 Å². The number of nitrogens with one attached hydrogen (secondary N) is 1. The van der Waals surface area contributed by atoms with Crippen molar-refractivity contribution in [1.82, 2.24) is 10.2 Å². The summed E-state index contributed by atoms with van der Waals surface area (Å²) in [5.41, 5.74) is 4.98. The molecule has 4 nitrogen and oxygen atoms in total. The minimum atomic E-state index is -0.536. The summed E-state index contributed by atoms with van der Waals surface area (Å²) in [6.07, 6.45) is 6.90. The van der Waals surface area contributed by atoms with E-state index in [1.54, 1.807) is 0 Å². The number of hydrogen-bond donors (Lipinski definition) is 2. The lowest BCUT2D eigenvalue weighted by molar-refractivity contribution is -0.124. The summed E-state index contributed by atoms with van der Waals surface area (Å²) >= 11 is 0. The minimum Gasteiger partial charge on any atom is -0.368 e. The summed E-state index contributed by atoms with van der Waals surface area (Å²) in [4.78, 5) is 14.1. The third kappa shape index (κ3) is 4.94. The fourth-order valence-electron chi connectivity index (χ4n) is 2.54. The Balaban J connectivity index is 2.30. The smallest absolute Gasteiger partial charge is 0.237 e. The normalized spacial score (nSPS) is 20.6. The first-order chi connectivity index (χ1) is 8.58. The average Bonchev–Trinajstić information content (AvgIpc) is 2.37. The number of nitrogens with zero attached hydrogens (tertiary/aromatic N) is 1. The van der Waals surface area contributed by atoms with Gasteiger partial charge in [-0.1, -0.05) is 13.3 Å². The zero-order valence-corrected chi connectivity index (χ0v) is 12.0. The van der Waals surface area contributed by atoms with Crippen LogP contribution in [-0.4, -0.2) is 42.5 Å². The lowest BCUT2D eigenvalue weighted by Gasteiger charge is -2.30. The molecule has 0 aromatic carbocycles. The third-order valence-electron chi connectivity index (χ3n) is 3.91. The molecule has 0 bridgehead atoms. The Labute approximate surface area is 111 Å². The van der Waals surface area contributed by atoms with Gasteiger partial charge < -0.3 is 16.0 Å². The van der Waals surface area contributed by atoms with Crippen LogP contribution in [0.2, 0.25) is 0 Å². The predicted octanol–water partition coefficient (Wildman–Crippen LogP) is 1.50. The summed E-state index contributed by atoms with van der Waals surface area (Å²) in [5.74, 6) is -0.227. The first kappa shape index (κ1) is 15.4. The van der Waals surface area contributed by atoms with Gasteiger partial charge in [-0.25, -0.2) is 0 Å². The molecule has 1 saturated heterocycles. The summed E-state index contributed by atoms with van der Waals surface area (Å²) in [6.45, 7) is 8.41. The van der Waals surface area contributed by atoms with Gasteiger partial charge in [0, 0.05) is 0 Å². The number of rotatable bonds is 8. The van der Waals surface area contributed by atoms with E-state index in [0.717, 1.165) is 32.4 Å². The maximum Gasteiger partial charge on any atom is 0.237 e. The summed E-state index contributed by atoms with van der Waals surface area (Å²) < 4.78 is 0. The molecule has 1 unspecified atom stereocenters. The Morgan fingerprint density at radius 1 is 1.33 bits per heavy atom. The summed E-state index contributed by atoms with van der Waals surface area (Å²) in [6, 6.07) is 0. The van der Waals surface area contributed by atoms with E-state index >= 15 is 0 Å². The van der Waals surface area contributed by atoms with Gasteiger partial charge in [-0.15, -0.1) is 0 Å². The van der Waals surface area contributed by atoms with E-state index < -0.39 is 5.54 Å². The fourth-order valence-corrected chi connectivity index (χ4v) is 2.54. The topological polar surface area (TPSA) is 58.4 Å². The van der Waals surface area contributed by atoms with Gasteiger partial charge in [0.05, 0.1) is 5.54 Å². The molecular formula is C14H29N3O. The third-order valence-corrected chi connectivity index (χ3v) is 3.91. The number of piperidine rings is 1. The molecule has 1 atom stereocenters. The number of hydrogen-bond acceptors (Lipinski definition) is 3. The zero-order chi connectivity index (χ0) is 13.4. The summed E-state index contributed by atoms with van der Waals surface area (Å²) in [5, 5.41) is 3.29. The molecule has 106 valence electrons. The van der Waals surface area contributed by atoms with Crippen LogP contribution < -0.4 is 11.1 Å². The molecule has 3 N–H and O–H groups in total. The van der Waals surface area contributed by atoms with E-state index in [1.807, 2.05) is 6.92 Å². The molecule has 0 spiro atoms. The number of carbonyl (C=O) groups excluding carboxylic acids is 1. The van der Waals surface area contributed by atoms with Gasteiger partial charge in [-0.3, -0.25) is 4.79 Å². The maximum absolute atomic E-state index is 11.6. The van der Waals surface area contributed by atoms with Crippen molar-refractivity contribution in [2.75, 3.05) is 26.2 Å². The van der Waals surface area contributed by atoms with Gasteiger partial charge in [-0.2, -0.15) is 0 Å². The van der Waals surface area contributed by atoms with Crippen LogP contribution in [0.15, 0.2) is 0 Å². The van der Waals surface area contributed by atoms with E-state index in [2.05, 4.69) is 17.1 Å². The molecule has 1 aliphatic heterocycles. The highest BCUT2D eigenvalue weighted by atomic mass is 16.1. The number of nitrogens with two attached hydrogens (primary N) is 1. The Morgan fingerprint density at radius 3 is 2.56 bits per heavy atom. The number of likely N-dealkylation sites (tertiary alicyclic amines) is 1. The van der Waals surface area contributed by atoms with Crippen molar-refractivity contribution in [3.8, 4) is 0 Å². The van der Waals surface area contributed by atoms with Crippen molar-refractivity contribution in [3.05, 3.63) is 0 Å². The molecule has 1 amide bonds. The highest BCUT2D eigenvalue weighted by Crippen LogP contribution is 2.15. The van der Waals surface area contributed by atoms with Crippen LogP contribution in [0.3, 0.4) is 0 Å². The standard InChI is InChI=1S/C14H29N3O/c1-3-9-16-14(2,13(15)18)8-7-12-17-10-5-4-6-11-17/h16H,3-12H2,1-2H3,(H2,15,18). The SMILES string of the molecule is CCCNC(C)(CCCN1CCCCC1)C(N)=O. The summed E-state index contributed by atoms with van der Waals surface area (Å²) in [7, 11) is 0. The highest BCUT2D eigenvalue weighted by molar-refractivity contribution is 5.84. The van der Waals surface area contributed by atoms with Crippen molar-refractivity contribution >= 4 is 5.91 Å². The highest BCUT2D eigenvalue weighted by Gasteiger charge is 2.29. The van der Waals surface area contributed by atoms with Crippen molar-refractivity contribution in [2.24, 2.45) is 5.73 Å². The minimum absolute atomic E-state index is 0.227. The average molecular weight is 255 g/mol. The van der Waals surface area contributed by atoms with E-state index in [1.165, 1.54) is 32.4 Å². The van der Waals surface area contributed by atoms with E-state index in [-0.39, 0.29) is 5.91 Å². The van der Waals surface area contributed by atoms with Gasteiger partial charge >= 0.3 is 0 Å². The molecule has 0 saturated carbocycles. The van der Waals surface area contributed by atoms with Crippen LogP contribution in [0.5, 0.6) is 0 Å². The van der Waals surface area contributed by atoms with Crippen molar-refractivity contribution in [1.29, 1.82) is 0 Å². The molecule has 0 aromatic heterocycles. The quantitative estimate of drug-likeness (QED) is 0.691. The maximum atomic E-state index is 11.6. The molecule has 1 aliphatic rings. The largest absolute Gasteiger partial charge is 0.368 e. The molecular weight excluding hydrogens is 226 g/mol. The second-order valence-electron chi connectivity index (χ2n) is 5.63. The van der Waals surface area contributed by atoms with E-state index in [4.69, 9.17) is 5.73 Å². The van der Waals surface area contributed by atoms with Crippen LogP contribution in [-0.2, 0) is 4.79 Å². The number of primary amides is 1. The predicted molar refractivity (Wildman–Crippen MR) is 75.4 cm³/mol. The number of carbonyl (C=O) groups is 1. The van der Waals surface area contributed by atoms with E-state index in [9.17, 15) is 4.79 Å². The van der Waals surface area contributed by atoms with Crippen molar-refractivity contribution in [2.45, 2.75) is 57.9 Å². The Morgan fingerprint density at radius 2 is 2.00 bits per heavy atom.